The van der Waals surface area contributed by atoms with Crippen LogP contribution >= 0.6 is 15.9 Å². The van der Waals surface area contributed by atoms with E-state index in [4.69, 9.17) is 19.4 Å². The maximum atomic E-state index is 13.1. The summed E-state index contributed by atoms with van der Waals surface area (Å²) in [6, 6.07) is 36.8. The van der Waals surface area contributed by atoms with Crippen LogP contribution in [-0.2, 0) is 0 Å². The normalized spacial score (nSPS) is 11.0. The first-order chi connectivity index (χ1) is 22.0. The number of aromatic nitrogens is 2. The van der Waals surface area contributed by atoms with E-state index in [2.05, 4.69) is 26.5 Å². The van der Waals surface area contributed by atoms with Gasteiger partial charge in [0.2, 0.25) is 0 Å². The number of hydrogen-bond donors (Lipinski definition) is 1. The number of ether oxygens (including phenoxy) is 2. The molecule has 8 nitrogen and oxygen atoms in total. The summed E-state index contributed by atoms with van der Waals surface area (Å²) in [5.74, 6) is -0.148. The number of esters is 1. The Balaban J connectivity index is 1.17. The van der Waals surface area contributed by atoms with Gasteiger partial charge < -0.3 is 9.47 Å². The Morgan fingerprint density at radius 2 is 1.40 bits per heavy atom. The van der Waals surface area contributed by atoms with Crippen molar-refractivity contribution in [3.63, 3.8) is 0 Å². The van der Waals surface area contributed by atoms with Gasteiger partial charge in [0.15, 0.2) is 0 Å². The SMILES string of the molecule is COc1ccc(Br)cc1C(=O)N/N=C\c1ccc(OC(=O)c2ccc3nc(-c4ccccc4)c(-c4ccccc4)nc3c2)cc1. The van der Waals surface area contributed by atoms with E-state index >= 15 is 0 Å². The maximum Gasteiger partial charge on any atom is 0.343 e. The van der Waals surface area contributed by atoms with Gasteiger partial charge in [0, 0.05) is 15.6 Å². The predicted molar refractivity (Wildman–Crippen MR) is 178 cm³/mol. The summed E-state index contributed by atoms with van der Waals surface area (Å²) in [5, 5.41) is 4.03. The molecule has 0 aliphatic carbocycles. The van der Waals surface area contributed by atoms with E-state index < -0.39 is 11.9 Å². The molecule has 1 heterocycles. The number of hydrazone groups is 1. The van der Waals surface area contributed by atoms with Gasteiger partial charge in [-0.05, 0) is 66.2 Å². The summed E-state index contributed by atoms with van der Waals surface area (Å²) in [5.41, 5.74) is 8.50. The molecule has 0 radical (unpaired) electrons. The van der Waals surface area contributed by atoms with E-state index in [-0.39, 0.29) is 0 Å². The third-order valence-corrected chi connectivity index (χ3v) is 7.36. The van der Waals surface area contributed by atoms with E-state index in [0.29, 0.717) is 39.2 Å². The molecule has 0 saturated heterocycles. The van der Waals surface area contributed by atoms with Gasteiger partial charge in [-0.25, -0.2) is 20.2 Å². The number of hydrogen-bond acceptors (Lipinski definition) is 7. The monoisotopic (exact) mass is 656 g/mol. The van der Waals surface area contributed by atoms with Crippen LogP contribution in [0.2, 0.25) is 0 Å². The molecule has 1 amide bonds. The summed E-state index contributed by atoms with van der Waals surface area (Å²) >= 11 is 3.35. The lowest BCUT2D eigenvalue weighted by molar-refractivity contribution is 0.0734. The fraction of sp³-hybridized carbons (Fsp3) is 0.0278. The number of nitrogens with zero attached hydrogens (tertiary/aromatic N) is 3. The number of fused-ring (bicyclic) bond motifs is 1. The van der Waals surface area contributed by atoms with E-state index in [9.17, 15) is 9.59 Å². The molecule has 1 aromatic heterocycles. The Hall–Kier alpha value is -5.67. The van der Waals surface area contributed by atoms with Crippen molar-refractivity contribution in [1.82, 2.24) is 15.4 Å². The van der Waals surface area contributed by atoms with Crippen LogP contribution in [0, 0.1) is 0 Å². The zero-order chi connectivity index (χ0) is 31.2. The Kier molecular flexibility index (Phi) is 8.70. The molecular formula is C36H25BrN4O4. The number of carbonyl (C=O) groups is 2. The van der Waals surface area contributed by atoms with Gasteiger partial charge in [-0.3, -0.25) is 4.79 Å². The standard InChI is InChI=1S/C36H25BrN4O4/c1-44-32-19-15-27(37)21-29(32)35(42)41-38-22-23-12-16-28(17-13-23)45-36(43)26-14-18-30-31(20-26)40-34(25-10-6-3-7-11-25)33(39-30)24-8-4-2-5-9-24/h2-22H,1H3,(H,41,42)/b38-22-. The molecule has 0 spiro atoms. The van der Waals surface area contributed by atoms with Gasteiger partial charge in [-0.1, -0.05) is 76.6 Å². The molecule has 0 bridgehead atoms. The Morgan fingerprint density at radius 1 is 0.756 bits per heavy atom. The van der Waals surface area contributed by atoms with Crippen LogP contribution in [0.3, 0.4) is 0 Å². The lowest BCUT2D eigenvalue weighted by atomic mass is 10.0. The number of amides is 1. The van der Waals surface area contributed by atoms with Crippen LogP contribution in [-0.4, -0.2) is 35.2 Å². The van der Waals surface area contributed by atoms with Crippen LogP contribution < -0.4 is 14.9 Å². The highest BCUT2D eigenvalue weighted by molar-refractivity contribution is 9.10. The third kappa shape index (κ3) is 6.79. The second-order valence-corrected chi connectivity index (χ2v) is 10.8. The second-order valence-electron chi connectivity index (χ2n) is 9.86. The van der Waals surface area contributed by atoms with Crippen molar-refractivity contribution < 1.29 is 19.1 Å². The third-order valence-electron chi connectivity index (χ3n) is 6.87. The summed E-state index contributed by atoms with van der Waals surface area (Å²) < 4.78 is 11.6. The van der Waals surface area contributed by atoms with Crippen molar-refractivity contribution in [3.8, 4) is 34.0 Å². The van der Waals surface area contributed by atoms with Crippen LogP contribution in [0.1, 0.15) is 26.3 Å². The molecule has 0 aliphatic rings. The zero-order valence-corrected chi connectivity index (χ0v) is 25.6. The zero-order valence-electron chi connectivity index (χ0n) is 24.0. The highest BCUT2D eigenvalue weighted by atomic mass is 79.9. The van der Waals surface area contributed by atoms with Gasteiger partial charge in [-0.15, -0.1) is 0 Å². The fourth-order valence-corrected chi connectivity index (χ4v) is 5.01. The van der Waals surface area contributed by atoms with Crippen LogP contribution in [0.25, 0.3) is 33.5 Å². The molecule has 0 aliphatic heterocycles. The maximum absolute atomic E-state index is 13.1. The van der Waals surface area contributed by atoms with E-state index in [0.717, 1.165) is 27.0 Å². The first-order valence-electron chi connectivity index (χ1n) is 13.9. The summed E-state index contributed by atoms with van der Waals surface area (Å²) in [7, 11) is 1.50. The number of halogens is 1. The lowest BCUT2D eigenvalue weighted by Gasteiger charge is -2.11. The van der Waals surface area contributed by atoms with Gasteiger partial charge in [0.25, 0.3) is 5.91 Å². The average molecular weight is 658 g/mol. The molecule has 6 rings (SSSR count). The van der Waals surface area contributed by atoms with Gasteiger partial charge in [0.1, 0.15) is 11.5 Å². The van der Waals surface area contributed by atoms with E-state index in [1.165, 1.54) is 13.3 Å². The molecule has 220 valence electrons. The molecule has 0 unspecified atom stereocenters. The summed E-state index contributed by atoms with van der Waals surface area (Å²) in [6.07, 6.45) is 1.49. The molecular weight excluding hydrogens is 632 g/mol. The Bertz CT molecular complexity index is 2030. The van der Waals surface area contributed by atoms with Crippen LogP contribution in [0.4, 0.5) is 0 Å². The molecule has 9 heteroatoms. The molecule has 0 saturated carbocycles. The minimum atomic E-state index is -0.524. The van der Waals surface area contributed by atoms with Crippen molar-refractivity contribution in [2.45, 2.75) is 0 Å². The minimum Gasteiger partial charge on any atom is -0.496 e. The topological polar surface area (TPSA) is 103 Å². The first kappa shape index (κ1) is 29.4. The molecule has 45 heavy (non-hydrogen) atoms. The fourth-order valence-electron chi connectivity index (χ4n) is 4.65. The molecule has 6 aromatic rings. The Labute approximate surface area is 267 Å². The number of benzene rings is 5. The van der Waals surface area contributed by atoms with E-state index in [1.54, 1.807) is 60.7 Å². The smallest absolute Gasteiger partial charge is 0.343 e. The van der Waals surface area contributed by atoms with Gasteiger partial charge >= 0.3 is 5.97 Å². The minimum absolute atomic E-state index is 0.346. The summed E-state index contributed by atoms with van der Waals surface area (Å²) in [6.45, 7) is 0. The average Bonchev–Trinajstić information content (AvgIpc) is 3.09. The molecule has 0 fully saturated rings. The predicted octanol–water partition coefficient (Wildman–Crippen LogP) is 7.72. The molecule has 5 aromatic carbocycles. The number of nitrogens with one attached hydrogen (secondary N) is 1. The highest BCUT2D eigenvalue weighted by Gasteiger charge is 2.16. The number of methoxy groups -OCH3 is 1. The molecule has 1 N–H and O–H groups in total. The van der Waals surface area contributed by atoms with Crippen molar-refractivity contribution >= 4 is 45.1 Å². The highest BCUT2D eigenvalue weighted by Crippen LogP contribution is 2.31. The van der Waals surface area contributed by atoms with Crippen molar-refractivity contribution in [3.05, 3.63) is 142 Å². The van der Waals surface area contributed by atoms with Crippen molar-refractivity contribution in [2.75, 3.05) is 7.11 Å². The van der Waals surface area contributed by atoms with E-state index in [1.807, 2.05) is 60.7 Å². The van der Waals surface area contributed by atoms with Crippen molar-refractivity contribution in [2.24, 2.45) is 5.10 Å². The quantitative estimate of drug-likeness (QED) is 0.0779. The molecule has 0 atom stereocenters. The lowest BCUT2D eigenvalue weighted by Crippen LogP contribution is -2.18. The largest absolute Gasteiger partial charge is 0.496 e. The van der Waals surface area contributed by atoms with Crippen LogP contribution in [0.5, 0.6) is 11.5 Å². The Morgan fingerprint density at radius 3 is 2.04 bits per heavy atom. The van der Waals surface area contributed by atoms with Crippen LogP contribution in [0.15, 0.2) is 131 Å². The first-order valence-corrected chi connectivity index (χ1v) is 14.7. The second kappa shape index (κ2) is 13.3. The van der Waals surface area contributed by atoms with Crippen molar-refractivity contribution in [1.29, 1.82) is 0 Å². The summed E-state index contributed by atoms with van der Waals surface area (Å²) in [4.78, 5) is 35.5. The van der Waals surface area contributed by atoms with Gasteiger partial charge in [0.05, 0.1) is 46.9 Å². The number of carbonyl (C=O) groups excluding carboxylic acids is 2. The van der Waals surface area contributed by atoms with Gasteiger partial charge in [-0.2, -0.15) is 5.10 Å². The number of rotatable bonds is 8.